The summed E-state index contributed by atoms with van der Waals surface area (Å²) >= 11 is 1.61. The molecule has 1 aromatic heterocycles. The first-order valence-electron chi connectivity index (χ1n) is 9.10. The van der Waals surface area contributed by atoms with Crippen LogP contribution in [0.3, 0.4) is 0 Å². The van der Waals surface area contributed by atoms with Crippen molar-refractivity contribution < 1.29 is 9.53 Å². The van der Waals surface area contributed by atoms with Gasteiger partial charge in [-0.05, 0) is 30.7 Å². The van der Waals surface area contributed by atoms with E-state index in [2.05, 4.69) is 33.9 Å². The number of aromatic nitrogens is 3. The number of para-hydroxylation sites is 1. The third-order valence-corrected chi connectivity index (χ3v) is 4.62. The highest BCUT2D eigenvalue weighted by Gasteiger charge is 2.12. The summed E-state index contributed by atoms with van der Waals surface area (Å²) in [6, 6.07) is 7.59. The van der Waals surface area contributed by atoms with Crippen molar-refractivity contribution in [1.29, 1.82) is 0 Å². The number of methoxy groups -OCH3 is 1. The third kappa shape index (κ3) is 6.43. The number of hydrogen-bond donors (Lipinski definition) is 1. The van der Waals surface area contributed by atoms with Gasteiger partial charge < -0.3 is 14.6 Å². The highest BCUT2D eigenvalue weighted by atomic mass is 32.2. The number of nitrogens with zero attached hydrogens (tertiary/aromatic N) is 3. The number of ether oxygens (including phenoxy) is 1. The summed E-state index contributed by atoms with van der Waals surface area (Å²) < 4.78 is 7.45. The maximum Gasteiger partial charge on any atom is 0.244 e. The zero-order valence-electron chi connectivity index (χ0n) is 16.4. The summed E-state index contributed by atoms with van der Waals surface area (Å²) in [6.45, 7) is 5.87. The Morgan fingerprint density at radius 1 is 1.33 bits per heavy atom. The van der Waals surface area contributed by atoms with Crippen molar-refractivity contribution in [3.63, 3.8) is 0 Å². The summed E-state index contributed by atoms with van der Waals surface area (Å²) in [5.41, 5.74) is 0.876. The highest BCUT2D eigenvalue weighted by molar-refractivity contribution is 7.98. The molecule has 0 atom stereocenters. The molecule has 1 aromatic carbocycles. The van der Waals surface area contributed by atoms with Crippen LogP contribution in [0.2, 0.25) is 0 Å². The van der Waals surface area contributed by atoms with Gasteiger partial charge in [-0.15, -0.1) is 10.2 Å². The predicted octanol–water partition coefficient (Wildman–Crippen LogP) is 3.43. The number of aryl methyl sites for hydroxylation is 1. The summed E-state index contributed by atoms with van der Waals surface area (Å²) in [7, 11) is 1.62. The Morgan fingerprint density at radius 2 is 2.11 bits per heavy atom. The van der Waals surface area contributed by atoms with Crippen LogP contribution in [-0.4, -0.2) is 40.6 Å². The molecular formula is C20H28N4O2S. The molecule has 6 nitrogen and oxygen atoms in total. The van der Waals surface area contributed by atoms with Crippen molar-refractivity contribution in [1.82, 2.24) is 20.1 Å². The number of benzene rings is 1. The maximum atomic E-state index is 12.0. The molecule has 0 aliphatic carbocycles. The van der Waals surface area contributed by atoms with Crippen LogP contribution in [0.1, 0.15) is 31.7 Å². The second-order valence-electron chi connectivity index (χ2n) is 6.58. The third-order valence-electron chi connectivity index (χ3n) is 3.95. The fourth-order valence-corrected chi connectivity index (χ4v) is 3.21. The van der Waals surface area contributed by atoms with Crippen LogP contribution in [0, 0.1) is 5.92 Å². The van der Waals surface area contributed by atoms with Gasteiger partial charge in [-0.3, -0.25) is 4.79 Å². The molecule has 0 saturated carbocycles. The van der Waals surface area contributed by atoms with Crippen LogP contribution in [0.5, 0.6) is 5.75 Å². The molecule has 0 unspecified atom stereocenters. The van der Waals surface area contributed by atoms with E-state index in [1.54, 1.807) is 24.9 Å². The summed E-state index contributed by atoms with van der Waals surface area (Å²) in [6.07, 6.45) is 6.91. The zero-order chi connectivity index (χ0) is 19.6. The van der Waals surface area contributed by atoms with Crippen LogP contribution in [0.4, 0.5) is 0 Å². The van der Waals surface area contributed by atoms with Crippen molar-refractivity contribution in [2.24, 2.45) is 5.92 Å². The standard InChI is InChI=1S/C20H28N4O2S/c1-15(2)14-24-18(22-23-20(24)27-4)10-7-13-21-19(25)12-11-16-8-5-6-9-17(16)26-3/h5-6,8-9,11-12,15H,7,10,13-14H2,1-4H3,(H,21,25). The van der Waals surface area contributed by atoms with Gasteiger partial charge in [0.2, 0.25) is 5.91 Å². The summed E-state index contributed by atoms with van der Waals surface area (Å²) in [5.74, 6) is 2.14. The van der Waals surface area contributed by atoms with Gasteiger partial charge in [-0.2, -0.15) is 0 Å². The first-order valence-corrected chi connectivity index (χ1v) is 10.3. The average molecular weight is 389 g/mol. The molecule has 0 spiro atoms. The highest BCUT2D eigenvalue weighted by Crippen LogP contribution is 2.18. The van der Waals surface area contributed by atoms with Gasteiger partial charge in [0.25, 0.3) is 0 Å². The lowest BCUT2D eigenvalue weighted by Gasteiger charge is -2.11. The Balaban J connectivity index is 1.82. The second kappa shape index (κ2) is 10.8. The zero-order valence-corrected chi connectivity index (χ0v) is 17.3. The number of amides is 1. The van der Waals surface area contributed by atoms with Gasteiger partial charge in [0, 0.05) is 31.1 Å². The molecular weight excluding hydrogens is 360 g/mol. The molecule has 146 valence electrons. The average Bonchev–Trinajstić information content (AvgIpc) is 3.04. The molecule has 27 heavy (non-hydrogen) atoms. The molecule has 0 fully saturated rings. The van der Waals surface area contributed by atoms with Gasteiger partial charge in [0.05, 0.1) is 7.11 Å². The predicted molar refractivity (Wildman–Crippen MR) is 110 cm³/mol. The van der Waals surface area contributed by atoms with Crippen LogP contribution in [0.15, 0.2) is 35.5 Å². The fraction of sp³-hybridized carbons (Fsp3) is 0.450. The smallest absolute Gasteiger partial charge is 0.244 e. The molecule has 0 aliphatic rings. The van der Waals surface area contributed by atoms with Crippen molar-refractivity contribution in [3.05, 3.63) is 41.7 Å². The number of nitrogens with one attached hydrogen (secondary N) is 1. The minimum atomic E-state index is -0.116. The van der Waals surface area contributed by atoms with E-state index >= 15 is 0 Å². The van der Waals surface area contributed by atoms with Crippen molar-refractivity contribution in [2.45, 2.75) is 38.4 Å². The van der Waals surface area contributed by atoms with Crippen LogP contribution >= 0.6 is 11.8 Å². The van der Waals surface area contributed by atoms with Crippen LogP contribution in [0.25, 0.3) is 6.08 Å². The second-order valence-corrected chi connectivity index (χ2v) is 7.35. The van der Waals surface area contributed by atoms with Gasteiger partial charge in [-0.25, -0.2) is 0 Å². The summed E-state index contributed by atoms with van der Waals surface area (Å²) in [5, 5.41) is 12.4. The number of hydrogen-bond acceptors (Lipinski definition) is 5. The lowest BCUT2D eigenvalue weighted by atomic mass is 10.2. The Morgan fingerprint density at radius 3 is 2.81 bits per heavy atom. The normalized spacial score (nSPS) is 11.3. The lowest BCUT2D eigenvalue weighted by Crippen LogP contribution is -2.23. The first-order chi connectivity index (χ1) is 13.0. The molecule has 1 N–H and O–H groups in total. The van der Waals surface area contributed by atoms with E-state index in [9.17, 15) is 4.79 Å². The molecule has 7 heteroatoms. The van der Waals surface area contributed by atoms with E-state index in [0.717, 1.165) is 41.7 Å². The van der Waals surface area contributed by atoms with E-state index in [1.807, 2.05) is 30.5 Å². The summed E-state index contributed by atoms with van der Waals surface area (Å²) in [4.78, 5) is 12.0. The molecule has 2 aromatic rings. The molecule has 2 rings (SSSR count). The van der Waals surface area contributed by atoms with E-state index in [4.69, 9.17) is 4.74 Å². The number of carbonyl (C=O) groups is 1. The van der Waals surface area contributed by atoms with E-state index in [0.29, 0.717) is 12.5 Å². The number of rotatable bonds is 10. The first kappa shape index (κ1) is 21.0. The minimum absolute atomic E-state index is 0.116. The van der Waals surface area contributed by atoms with Gasteiger partial charge in [0.1, 0.15) is 11.6 Å². The van der Waals surface area contributed by atoms with Gasteiger partial charge in [0.15, 0.2) is 5.16 Å². The van der Waals surface area contributed by atoms with Crippen molar-refractivity contribution >= 4 is 23.7 Å². The van der Waals surface area contributed by atoms with Gasteiger partial charge >= 0.3 is 0 Å². The lowest BCUT2D eigenvalue weighted by molar-refractivity contribution is -0.116. The molecule has 0 bridgehead atoms. The Kier molecular flexibility index (Phi) is 8.39. The van der Waals surface area contributed by atoms with Crippen LogP contribution < -0.4 is 10.1 Å². The van der Waals surface area contributed by atoms with Crippen LogP contribution in [-0.2, 0) is 17.8 Å². The Bertz CT molecular complexity index is 771. The molecule has 0 radical (unpaired) electrons. The quantitative estimate of drug-likeness (QED) is 0.384. The van der Waals surface area contributed by atoms with Crippen molar-refractivity contribution in [2.75, 3.05) is 19.9 Å². The topological polar surface area (TPSA) is 69.0 Å². The molecule has 1 amide bonds. The maximum absolute atomic E-state index is 12.0. The Hall–Kier alpha value is -2.28. The minimum Gasteiger partial charge on any atom is -0.496 e. The van der Waals surface area contributed by atoms with E-state index in [1.165, 1.54) is 6.08 Å². The Labute approximate surface area is 165 Å². The number of carbonyl (C=O) groups excluding carboxylic acids is 1. The van der Waals surface area contributed by atoms with Gasteiger partial charge in [-0.1, -0.05) is 43.8 Å². The SMILES string of the molecule is COc1ccccc1C=CC(=O)NCCCc1nnc(SC)n1CC(C)C. The van der Waals surface area contributed by atoms with Crippen molar-refractivity contribution in [3.8, 4) is 5.75 Å². The molecule has 1 heterocycles. The number of thioether (sulfide) groups is 1. The van der Waals surface area contributed by atoms with E-state index in [-0.39, 0.29) is 5.91 Å². The molecule has 0 aliphatic heterocycles. The monoisotopic (exact) mass is 388 g/mol. The largest absolute Gasteiger partial charge is 0.496 e. The molecule has 0 saturated heterocycles. The van der Waals surface area contributed by atoms with E-state index < -0.39 is 0 Å². The fourth-order valence-electron chi connectivity index (χ4n) is 2.69.